The topological polar surface area (TPSA) is 81.4 Å². The molecule has 2 rings (SSSR count). The summed E-state index contributed by atoms with van der Waals surface area (Å²) in [7, 11) is 0. The molecule has 0 fully saturated rings. The number of benzene rings is 1. The van der Waals surface area contributed by atoms with E-state index < -0.39 is 35.3 Å². The lowest BCUT2D eigenvalue weighted by atomic mass is 10.2. The zero-order valence-corrected chi connectivity index (χ0v) is 13.9. The van der Waals surface area contributed by atoms with E-state index in [-0.39, 0.29) is 16.3 Å². The number of nitrogens with zero attached hydrogens (tertiary/aromatic N) is 1. The van der Waals surface area contributed by atoms with Gasteiger partial charge in [0.05, 0.1) is 11.3 Å². The number of amides is 1. The maximum atomic E-state index is 12.6. The number of carbonyl (C=O) groups is 2. The first kappa shape index (κ1) is 18.8. The van der Waals surface area contributed by atoms with Crippen molar-refractivity contribution in [3.05, 3.63) is 41.6 Å². The molecule has 0 spiro atoms. The van der Waals surface area contributed by atoms with Gasteiger partial charge >= 0.3 is 11.5 Å². The molecule has 0 aliphatic heterocycles. The molecule has 0 unspecified atom stereocenters. The lowest BCUT2D eigenvalue weighted by Gasteiger charge is -2.14. The molecular weight excluding hydrogens is 361 g/mol. The molecule has 1 aromatic heterocycles. The molecule has 2 aromatic rings. The summed E-state index contributed by atoms with van der Waals surface area (Å²) in [5.74, 6) is -1.67. The van der Waals surface area contributed by atoms with E-state index in [4.69, 9.17) is 9.26 Å². The average molecular weight is 374 g/mol. The van der Waals surface area contributed by atoms with Gasteiger partial charge < -0.3 is 9.26 Å². The van der Waals surface area contributed by atoms with Gasteiger partial charge in [0.2, 0.25) is 5.88 Å². The Morgan fingerprint density at radius 2 is 2.00 bits per heavy atom. The zero-order valence-electron chi connectivity index (χ0n) is 13.1. The van der Waals surface area contributed by atoms with Crippen molar-refractivity contribution in [2.75, 3.05) is 5.32 Å². The molecular formula is C15H13F3N2O4S. The van der Waals surface area contributed by atoms with E-state index in [9.17, 15) is 22.8 Å². The molecule has 0 aliphatic carbocycles. The minimum atomic E-state index is -4.55. The third-order valence-corrected chi connectivity index (χ3v) is 3.67. The molecule has 0 aliphatic rings. The first-order valence-electron chi connectivity index (χ1n) is 6.95. The number of alkyl halides is 3. The Labute approximate surface area is 144 Å². The van der Waals surface area contributed by atoms with Crippen LogP contribution in [0, 0.1) is 6.92 Å². The predicted molar refractivity (Wildman–Crippen MR) is 83.1 cm³/mol. The number of aryl methyl sites for hydroxylation is 1. The standard InChI is InChI=1S/C15H13F3N2O4S/c1-8-7-12(24-20-8)19-13(21)9(2)23-14(22)10-5-3-4-6-11(10)25-15(16,17)18/h3-7,9H,1-2H3,(H,19,21)/t9-/m0/s1. The van der Waals surface area contributed by atoms with Crippen LogP contribution < -0.4 is 5.32 Å². The van der Waals surface area contributed by atoms with Crippen molar-refractivity contribution < 1.29 is 32.0 Å². The SMILES string of the molecule is Cc1cc(NC(=O)[C@H](C)OC(=O)c2ccccc2SC(F)(F)F)on1. The van der Waals surface area contributed by atoms with Crippen molar-refractivity contribution in [1.82, 2.24) is 5.16 Å². The Kier molecular flexibility index (Phi) is 5.73. The Morgan fingerprint density at radius 1 is 1.32 bits per heavy atom. The molecule has 134 valence electrons. The zero-order chi connectivity index (χ0) is 18.6. The second kappa shape index (κ2) is 7.60. The van der Waals surface area contributed by atoms with Crippen LogP contribution in [0.15, 0.2) is 39.8 Å². The van der Waals surface area contributed by atoms with Crippen LogP contribution in [-0.2, 0) is 9.53 Å². The summed E-state index contributed by atoms with van der Waals surface area (Å²) in [6.07, 6.45) is -1.25. The number of halogens is 3. The van der Waals surface area contributed by atoms with Gasteiger partial charge in [0, 0.05) is 11.0 Å². The van der Waals surface area contributed by atoms with E-state index in [1.807, 2.05) is 0 Å². The fourth-order valence-electron chi connectivity index (χ4n) is 1.77. The molecule has 1 atom stereocenters. The maximum Gasteiger partial charge on any atom is 0.446 e. The molecule has 6 nitrogen and oxygen atoms in total. The molecule has 10 heteroatoms. The van der Waals surface area contributed by atoms with Gasteiger partial charge in [-0.3, -0.25) is 10.1 Å². The Morgan fingerprint density at radius 3 is 2.60 bits per heavy atom. The molecule has 25 heavy (non-hydrogen) atoms. The number of thioether (sulfide) groups is 1. The summed E-state index contributed by atoms with van der Waals surface area (Å²) >= 11 is -0.428. The smallest absolute Gasteiger partial charge is 0.446 e. The number of hydrogen-bond acceptors (Lipinski definition) is 6. The lowest BCUT2D eigenvalue weighted by Crippen LogP contribution is -2.30. The van der Waals surface area contributed by atoms with Crippen molar-refractivity contribution in [1.29, 1.82) is 0 Å². The first-order valence-corrected chi connectivity index (χ1v) is 7.77. The number of anilines is 1. The first-order chi connectivity index (χ1) is 11.7. The Balaban J connectivity index is 2.05. The van der Waals surface area contributed by atoms with Crippen molar-refractivity contribution in [3.63, 3.8) is 0 Å². The summed E-state index contributed by atoms with van der Waals surface area (Å²) in [6.45, 7) is 2.94. The van der Waals surface area contributed by atoms with Crippen LogP contribution >= 0.6 is 11.8 Å². The molecule has 1 heterocycles. The summed E-state index contributed by atoms with van der Waals surface area (Å²) in [5.41, 5.74) is -4.29. The molecule has 1 amide bonds. The van der Waals surface area contributed by atoms with Crippen molar-refractivity contribution in [2.45, 2.75) is 30.4 Å². The number of aromatic nitrogens is 1. The van der Waals surface area contributed by atoms with Gasteiger partial charge in [-0.15, -0.1) is 0 Å². The van der Waals surface area contributed by atoms with E-state index in [0.717, 1.165) is 6.07 Å². The minimum Gasteiger partial charge on any atom is -0.449 e. The van der Waals surface area contributed by atoms with Gasteiger partial charge in [-0.05, 0) is 37.7 Å². The van der Waals surface area contributed by atoms with E-state index in [1.54, 1.807) is 6.92 Å². The number of nitrogens with one attached hydrogen (secondary N) is 1. The van der Waals surface area contributed by atoms with Crippen LogP contribution in [0.25, 0.3) is 0 Å². The number of carbonyl (C=O) groups excluding carboxylic acids is 2. The van der Waals surface area contributed by atoms with Crippen molar-refractivity contribution >= 4 is 29.5 Å². The Hall–Kier alpha value is -2.49. The van der Waals surface area contributed by atoms with Gasteiger partial charge in [-0.2, -0.15) is 13.2 Å². The second-order valence-corrected chi connectivity index (χ2v) is 6.02. The highest BCUT2D eigenvalue weighted by molar-refractivity contribution is 8.00. The average Bonchev–Trinajstić information content (AvgIpc) is 2.91. The largest absolute Gasteiger partial charge is 0.449 e. The summed E-state index contributed by atoms with van der Waals surface area (Å²) in [4.78, 5) is 23.7. The molecule has 1 aromatic carbocycles. The van der Waals surface area contributed by atoms with Gasteiger partial charge in [0.25, 0.3) is 5.91 Å². The number of ether oxygens (including phenoxy) is 1. The minimum absolute atomic E-state index is 0.0680. The second-order valence-electron chi connectivity index (χ2n) is 4.91. The number of rotatable bonds is 5. The molecule has 0 saturated heterocycles. The predicted octanol–water partition coefficient (Wildman–Crippen LogP) is 3.78. The summed E-state index contributed by atoms with van der Waals surface area (Å²) in [6, 6.07) is 6.58. The fourth-order valence-corrected chi connectivity index (χ4v) is 2.43. The fraction of sp³-hybridized carbons (Fsp3) is 0.267. The molecule has 1 N–H and O–H groups in total. The maximum absolute atomic E-state index is 12.6. The highest BCUT2D eigenvalue weighted by atomic mass is 32.2. The summed E-state index contributed by atoms with van der Waals surface area (Å²) < 4.78 is 47.4. The van der Waals surface area contributed by atoms with Crippen LogP contribution in [0.3, 0.4) is 0 Å². The molecule has 0 bridgehead atoms. The molecule has 0 radical (unpaired) electrons. The van der Waals surface area contributed by atoms with Crippen LogP contribution in [0.1, 0.15) is 23.0 Å². The van der Waals surface area contributed by atoms with Gasteiger partial charge in [0.1, 0.15) is 0 Å². The van der Waals surface area contributed by atoms with E-state index in [0.29, 0.717) is 5.69 Å². The van der Waals surface area contributed by atoms with Crippen LogP contribution in [0.2, 0.25) is 0 Å². The van der Waals surface area contributed by atoms with Crippen molar-refractivity contribution in [3.8, 4) is 0 Å². The van der Waals surface area contributed by atoms with Crippen LogP contribution in [0.5, 0.6) is 0 Å². The quantitative estimate of drug-likeness (QED) is 0.634. The van der Waals surface area contributed by atoms with Crippen LogP contribution in [-0.4, -0.2) is 28.6 Å². The van der Waals surface area contributed by atoms with Crippen molar-refractivity contribution in [2.24, 2.45) is 0 Å². The monoisotopic (exact) mass is 374 g/mol. The van der Waals surface area contributed by atoms with E-state index >= 15 is 0 Å². The van der Waals surface area contributed by atoms with Gasteiger partial charge in [-0.1, -0.05) is 17.3 Å². The highest BCUT2D eigenvalue weighted by Gasteiger charge is 2.32. The lowest BCUT2D eigenvalue weighted by molar-refractivity contribution is -0.124. The molecule has 0 saturated carbocycles. The van der Waals surface area contributed by atoms with Gasteiger partial charge in [0.15, 0.2) is 6.10 Å². The third kappa shape index (κ3) is 5.52. The Bertz CT molecular complexity index is 776. The number of esters is 1. The van der Waals surface area contributed by atoms with E-state index in [1.165, 1.54) is 31.2 Å². The normalized spacial score (nSPS) is 12.5. The third-order valence-electron chi connectivity index (χ3n) is 2.86. The highest BCUT2D eigenvalue weighted by Crippen LogP contribution is 2.38. The van der Waals surface area contributed by atoms with Gasteiger partial charge in [-0.25, -0.2) is 4.79 Å². The number of hydrogen-bond donors (Lipinski definition) is 1. The van der Waals surface area contributed by atoms with E-state index in [2.05, 4.69) is 10.5 Å². The van der Waals surface area contributed by atoms with Crippen LogP contribution in [0.4, 0.5) is 19.1 Å². The summed E-state index contributed by atoms with van der Waals surface area (Å²) in [5, 5.41) is 5.92.